The molecule has 1 aromatic carbocycles. The average molecular weight is 407 g/mol. The van der Waals surface area contributed by atoms with Gasteiger partial charge in [-0.2, -0.15) is 0 Å². The van der Waals surface area contributed by atoms with E-state index in [1.165, 1.54) is 12.8 Å². The zero-order chi connectivity index (χ0) is 20.8. The summed E-state index contributed by atoms with van der Waals surface area (Å²) in [5.74, 6) is 1.92. The van der Waals surface area contributed by atoms with Crippen molar-refractivity contribution in [1.82, 2.24) is 15.6 Å². The summed E-state index contributed by atoms with van der Waals surface area (Å²) in [6.07, 6.45) is 4.87. The second-order valence-corrected chi connectivity index (χ2v) is 7.80. The Hall–Kier alpha value is -3.09. The van der Waals surface area contributed by atoms with E-state index in [1.54, 1.807) is 0 Å². The minimum atomic E-state index is 0.0335. The van der Waals surface area contributed by atoms with Crippen LogP contribution < -0.4 is 20.4 Å². The molecule has 1 atom stereocenters. The highest BCUT2D eigenvalue weighted by Gasteiger charge is 2.31. The van der Waals surface area contributed by atoms with Gasteiger partial charge in [-0.05, 0) is 43.5 Å². The van der Waals surface area contributed by atoms with Crippen molar-refractivity contribution < 1.29 is 4.79 Å². The summed E-state index contributed by atoms with van der Waals surface area (Å²) in [6.45, 7) is 6.18. The first-order chi connectivity index (χ1) is 14.7. The largest absolute Gasteiger partial charge is 0.357 e. The van der Waals surface area contributed by atoms with Gasteiger partial charge < -0.3 is 20.4 Å². The number of carbonyl (C=O) groups excluding carboxylic acids is 1. The predicted octanol–water partition coefficient (Wildman–Crippen LogP) is 2.54. The van der Waals surface area contributed by atoms with E-state index >= 15 is 0 Å². The summed E-state index contributed by atoms with van der Waals surface area (Å²) in [5, 5.41) is 6.71. The number of nitrogens with zero attached hydrogens (tertiary/aromatic N) is 4. The van der Waals surface area contributed by atoms with Crippen LogP contribution in [0.3, 0.4) is 0 Å². The smallest absolute Gasteiger partial charge is 0.229 e. The summed E-state index contributed by atoms with van der Waals surface area (Å²) in [5.41, 5.74) is 2.02. The standard InChI is InChI=1S/C23H30N6O/c1-2-24-23(26-16-18-10-11-21(25-15-18)28-12-6-7-13-28)27-19-14-22(30)29(17-19)20-8-4-3-5-9-20/h3-5,8-11,15,19H,2,6-7,12-14,16-17H2,1H3,(H2,24,26,27). The lowest BCUT2D eigenvalue weighted by Crippen LogP contribution is -2.44. The maximum Gasteiger partial charge on any atom is 0.229 e. The summed E-state index contributed by atoms with van der Waals surface area (Å²) in [7, 11) is 0. The quantitative estimate of drug-likeness (QED) is 0.570. The molecular formula is C23H30N6O. The number of aliphatic imine (C=N–C) groups is 1. The molecular weight excluding hydrogens is 376 g/mol. The van der Waals surface area contributed by atoms with Crippen LogP contribution in [0, 0.1) is 0 Å². The van der Waals surface area contributed by atoms with Gasteiger partial charge >= 0.3 is 0 Å². The van der Waals surface area contributed by atoms with Crippen LogP contribution in [0.25, 0.3) is 0 Å². The first-order valence-corrected chi connectivity index (χ1v) is 10.8. The van der Waals surface area contributed by atoms with Crippen molar-refractivity contribution in [2.45, 2.75) is 38.8 Å². The van der Waals surface area contributed by atoms with Crippen LogP contribution in [0.2, 0.25) is 0 Å². The normalized spacial score (nSPS) is 19.4. The Kier molecular flexibility index (Phi) is 6.47. The van der Waals surface area contributed by atoms with Crippen molar-refractivity contribution in [3.8, 4) is 0 Å². The van der Waals surface area contributed by atoms with Crippen molar-refractivity contribution in [3.63, 3.8) is 0 Å². The molecule has 0 aliphatic carbocycles. The molecule has 158 valence electrons. The van der Waals surface area contributed by atoms with Crippen LogP contribution in [-0.2, 0) is 11.3 Å². The molecule has 1 unspecified atom stereocenters. The summed E-state index contributed by atoms with van der Waals surface area (Å²) >= 11 is 0. The molecule has 2 saturated heterocycles. The molecule has 0 spiro atoms. The number of benzene rings is 1. The highest BCUT2D eigenvalue weighted by atomic mass is 16.2. The van der Waals surface area contributed by atoms with Crippen molar-refractivity contribution in [1.29, 1.82) is 0 Å². The number of hydrogen-bond acceptors (Lipinski definition) is 4. The fraction of sp³-hybridized carbons (Fsp3) is 0.435. The van der Waals surface area contributed by atoms with Crippen molar-refractivity contribution in [3.05, 3.63) is 54.2 Å². The zero-order valence-corrected chi connectivity index (χ0v) is 17.6. The van der Waals surface area contributed by atoms with Gasteiger partial charge in [0, 0.05) is 44.5 Å². The van der Waals surface area contributed by atoms with E-state index in [0.717, 1.165) is 42.7 Å². The molecule has 7 heteroatoms. The molecule has 7 nitrogen and oxygen atoms in total. The van der Waals surface area contributed by atoms with Crippen molar-refractivity contribution in [2.24, 2.45) is 4.99 Å². The minimum Gasteiger partial charge on any atom is -0.357 e. The molecule has 0 bridgehead atoms. The lowest BCUT2D eigenvalue weighted by Gasteiger charge is -2.19. The van der Waals surface area contributed by atoms with Crippen LogP contribution in [-0.4, -0.2) is 49.1 Å². The predicted molar refractivity (Wildman–Crippen MR) is 121 cm³/mol. The minimum absolute atomic E-state index is 0.0335. The molecule has 2 aromatic rings. The van der Waals surface area contributed by atoms with Gasteiger partial charge in [0.25, 0.3) is 0 Å². The first-order valence-electron chi connectivity index (χ1n) is 10.8. The van der Waals surface area contributed by atoms with E-state index < -0.39 is 0 Å². The SMILES string of the molecule is CCNC(=NCc1ccc(N2CCCC2)nc1)NC1CC(=O)N(c2ccccc2)C1. The monoisotopic (exact) mass is 406 g/mol. The van der Waals surface area contributed by atoms with Gasteiger partial charge in [-0.1, -0.05) is 24.3 Å². The van der Waals surface area contributed by atoms with Gasteiger partial charge in [-0.25, -0.2) is 9.98 Å². The Morgan fingerprint density at radius 1 is 1.17 bits per heavy atom. The van der Waals surface area contributed by atoms with E-state index in [0.29, 0.717) is 19.5 Å². The second kappa shape index (κ2) is 9.61. The van der Waals surface area contributed by atoms with Crippen molar-refractivity contribution >= 4 is 23.4 Å². The van der Waals surface area contributed by atoms with Gasteiger partial charge in [0.15, 0.2) is 5.96 Å². The number of anilines is 2. The maximum absolute atomic E-state index is 12.5. The van der Waals surface area contributed by atoms with Gasteiger partial charge in [0.05, 0.1) is 12.6 Å². The molecule has 0 saturated carbocycles. The highest BCUT2D eigenvalue weighted by Crippen LogP contribution is 2.21. The first kappa shape index (κ1) is 20.2. The molecule has 3 heterocycles. The summed E-state index contributed by atoms with van der Waals surface area (Å²) in [4.78, 5) is 25.9. The number of para-hydroxylation sites is 1. The maximum atomic E-state index is 12.5. The molecule has 2 N–H and O–H groups in total. The highest BCUT2D eigenvalue weighted by molar-refractivity contribution is 5.97. The third-order valence-electron chi connectivity index (χ3n) is 5.54. The number of pyridine rings is 1. The molecule has 2 aliphatic rings. The molecule has 1 amide bonds. The van der Waals surface area contributed by atoms with Crippen LogP contribution in [0.4, 0.5) is 11.5 Å². The zero-order valence-electron chi connectivity index (χ0n) is 17.6. The number of amides is 1. The topological polar surface area (TPSA) is 72.9 Å². The fourth-order valence-electron chi connectivity index (χ4n) is 3.99. The molecule has 2 aliphatic heterocycles. The number of guanidine groups is 1. The number of nitrogens with one attached hydrogen (secondary N) is 2. The number of hydrogen-bond donors (Lipinski definition) is 2. The third kappa shape index (κ3) is 4.90. The lowest BCUT2D eigenvalue weighted by molar-refractivity contribution is -0.117. The second-order valence-electron chi connectivity index (χ2n) is 7.80. The Bertz CT molecular complexity index is 861. The van der Waals surface area contributed by atoms with E-state index in [9.17, 15) is 4.79 Å². The van der Waals surface area contributed by atoms with Gasteiger partial charge in [0.2, 0.25) is 5.91 Å². The molecule has 1 aromatic heterocycles. The van der Waals surface area contributed by atoms with Crippen LogP contribution >= 0.6 is 0 Å². The fourth-order valence-corrected chi connectivity index (χ4v) is 3.99. The average Bonchev–Trinajstić information content (AvgIpc) is 3.43. The van der Waals surface area contributed by atoms with Gasteiger partial charge in [-0.3, -0.25) is 4.79 Å². The Morgan fingerprint density at radius 3 is 2.67 bits per heavy atom. The molecule has 0 radical (unpaired) electrons. The molecule has 30 heavy (non-hydrogen) atoms. The van der Waals surface area contributed by atoms with Gasteiger partial charge in [-0.15, -0.1) is 0 Å². The lowest BCUT2D eigenvalue weighted by atomic mass is 10.2. The van der Waals surface area contributed by atoms with E-state index in [4.69, 9.17) is 4.99 Å². The Labute approximate surface area is 178 Å². The van der Waals surface area contributed by atoms with E-state index in [1.807, 2.05) is 48.4 Å². The molecule has 4 rings (SSSR count). The van der Waals surface area contributed by atoms with Gasteiger partial charge in [0.1, 0.15) is 5.82 Å². The molecule has 2 fully saturated rings. The van der Waals surface area contributed by atoms with Crippen molar-refractivity contribution in [2.75, 3.05) is 36.0 Å². The van der Waals surface area contributed by atoms with Crippen LogP contribution in [0.1, 0.15) is 31.7 Å². The number of carbonyl (C=O) groups is 1. The Balaban J connectivity index is 1.36. The van der Waals surface area contributed by atoms with Crippen LogP contribution in [0.15, 0.2) is 53.7 Å². The third-order valence-corrected chi connectivity index (χ3v) is 5.54. The van der Waals surface area contributed by atoms with Crippen LogP contribution in [0.5, 0.6) is 0 Å². The van der Waals surface area contributed by atoms with E-state index in [-0.39, 0.29) is 11.9 Å². The van der Waals surface area contributed by atoms with E-state index in [2.05, 4.69) is 32.7 Å². The number of aromatic nitrogens is 1. The Morgan fingerprint density at radius 2 is 1.97 bits per heavy atom. The summed E-state index contributed by atoms with van der Waals surface area (Å²) in [6, 6.07) is 14.0. The summed E-state index contributed by atoms with van der Waals surface area (Å²) < 4.78 is 0. The number of rotatable bonds is 6.